The van der Waals surface area contributed by atoms with E-state index in [-0.39, 0.29) is 0 Å². The molecule has 0 atom stereocenters. The molecule has 1 aliphatic rings. The number of nitrogens with zero attached hydrogens (tertiary/aromatic N) is 4. The van der Waals surface area contributed by atoms with E-state index in [2.05, 4.69) is 217 Å². The van der Waals surface area contributed by atoms with Crippen molar-refractivity contribution in [1.29, 1.82) is 0 Å². The Morgan fingerprint density at radius 2 is 0.726 bits per heavy atom. The quantitative estimate of drug-likeness (QED) is 0.154. The predicted octanol–water partition coefficient (Wildman–Crippen LogP) is 14.4. The van der Waals surface area contributed by atoms with E-state index >= 15 is 0 Å². The second kappa shape index (κ2) is 15.8. The van der Waals surface area contributed by atoms with Crippen LogP contribution in [0.3, 0.4) is 0 Å². The maximum Gasteiger partial charge on any atom is 0.109 e. The molecule has 7 aromatic carbocycles. The van der Waals surface area contributed by atoms with Gasteiger partial charge >= 0.3 is 0 Å². The Balaban J connectivity index is 1.27. The molecule has 0 radical (unpaired) electrons. The van der Waals surface area contributed by atoms with Gasteiger partial charge in [0.15, 0.2) is 0 Å². The number of benzene rings is 7. The molecule has 0 bridgehead atoms. The lowest BCUT2D eigenvalue weighted by Gasteiger charge is -2.45. The second-order valence-corrected chi connectivity index (χ2v) is 15.6. The monoisotopic (exact) mass is 792 g/mol. The molecule has 4 heterocycles. The second-order valence-electron chi connectivity index (χ2n) is 15.6. The van der Waals surface area contributed by atoms with E-state index in [1.807, 2.05) is 30.5 Å². The standard InChI is InChI=1S/C58H40N4/c1-5-17-41(18-6-1)44-30-34-48(35-31-44)62-54-36-32-46(42-19-7-2-8-20-42)39-49(54)58(56-28-15-26-51(60-56)45-23-11-4-12-24-45,57-29-16-27-53(61-57)52-25-13-14-38-59-52)50-40-47(33-37-55(50)62)43-21-9-3-10-22-43/h1-40H. The maximum absolute atomic E-state index is 5.69. The number of fused-ring (bicyclic) bond motifs is 2. The van der Waals surface area contributed by atoms with Crippen LogP contribution >= 0.6 is 0 Å². The third-order valence-corrected chi connectivity index (χ3v) is 12.0. The van der Waals surface area contributed by atoms with Gasteiger partial charge in [-0.15, -0.1) is 0 Å². The molecule has 10 aromatic rings. The molecule has 11 rings (SSSR count). The molecule has 62 heavy (non-hydrogen) atoms. The molecule has 0 saturated carbocycles. The highest BCUT2D eigenvalue weighted by atomic mass is 15.2. The minimum Gasteiger partial charge on any atom is -0.310 e. The van der Waals surface area contributed by atoms with Crippen molar-refractivity contribution in [2.75, 3.05) is 4.90 Å². The Labute approximate surface area is 362 Å². The first-order valence-electron chi connectivity index (χ1n) is 21.0. The summed E-state index contributed by atoms with van der Waals surface area (Å²) >= 11 is 0. The number of hydrogen-bond acceptors (Lipinski definition) is 4. The van der Waals surface area contributed by atoms with Crippen molar-refractivity contribution < 1.29 is 0 Å². The molecule has 0 spiro atoms. The summed E-state index contributed by atoms with van der Waals surface area (Å²) in [5, 5.41) is 0. The third-order valence-electron chi connectivity index (χ3n) is 12.0. The van der Waals surface area contributed by atoms with Gasteiger partial charge in [-0.3, -0.25) is 9.97 Å². The largest absolute Gasteiger partial charge is 0.310 e. The van der Waals surface area contributed by atoms with Crippen LogP contribution in [0.2, 0.25) is 0 Å². The summed E-state index contributed by atoms with van der Waals surface area (Å²) in [5.41, 5.74) is 16.4. The van der Waals surface area contributed by atoms with Crippen LogP contribution in [0.25, 0.3) is 56.0 Å². The molecular weight excluding hydrogens is 753 g/mol. The summed E-state index contributed by atoms with van der Waals surface area (Å²) in [6.07, 6.45) is 1.83. The van der Waals surface area contributed by atoms with Crippen LogP contribution in [0.4, 0.5) is 17.1 Å². The van der Waals surface area contributed by atoms with Crippen molar-refractivity contribution in [1.82, 2.24) is 15.0 Å². The average molecular weight is 793 g/mol. The molecule has 4 heteroatoms. The van der Waals surface area contributed by atoms with Crippen molar-refractivity contribution in [3.05, 3.63) is 265 Å². The smallest absolute Gasteiger partial charge is 0.109 e. The number of rotatable bonds is 8. The fourth-order valence-corrected chi connectivity index (χ4v) is 9.07. The van der Waals surface area contributed by atoms with Gasteiger partial charge in [0.1, 0.15) is 5.41 Å². The first-order valence-corrected chi connectivity index (χ1v) is 21.0. The lowest BCUT2D eigenvalue weighted by atomic mass is 9.64. The van der Waals surface area contributed by atoms with Crippen molar-refractivity contribution in [3.63, 3.8) is 0 Å². The summed E-state index contributed by atoms with van der Waals surface area (Å²) in [7, 11) is 0. The lowest BCUT2D eigenvalue weighted by molar-refractivity contribution is 0.680. The van der Waals surface area contributed by atoms with Crippen LogP contribution in [-0.2, 0) is 5.41 Å². The number of hydrogen-bond donors (Lipinski definition) is 0. The molecule has 1 aliphatic heterocycles. The van der Waals surface area contributed by atoms with Crippen molar-refractivity contribution in [3.8, 4) is 56.0 Å². The highest BCUT2D eigenvalue weighted by Crippen LogP contribution is 2.58. The zero-order chi connectivity index (χ0) is 41.3. The van der Waals surface area contributed by atoms with Gasteiger partial charge in [0.05, 0.1) is 39.8 Å². The number of aromatic nitrogens is 3. The Hall–Kier alpha value is -8.21. The molecule has 0 N–H and O–H groups in total. The molecule has 0 fully saturated rings. The van der Waals surface area contributed by atoms with E-state index in [9.17, 15) is 0 Å². The molecule has 4 nitrogen and oxygen atoms in total. The van der Waals surface area contributed by atoms with Crippen LogP contribution in [0.1, 0.15) is 22.5 Å². The van der Waals surface area contributed by atoms with E-state index in [4.69, 9.17) is 15.0 Å². The van der Waals surface area contributed by atoms with Gasteiger partial charge in [0.25, 0.3) is 0 Å². The van der Waals surface area contributed by atoms with Crippen molar-refractivity contribution >= 4 is 17.1 Å². The zero-order valence-electron chi connectivity index (χ0n) is 33.9. The minimum atomic E-state index is -1.00. The van der Waals surface area contributed by atoms with E-state index in [1.165, 1.54) is 5.56 Å². The Bertz CT molecular complexity index is 2980. The van der Waals surface area contributed by atoms with Gasteiger partial charge in [-0.05, 0) is 117 Å². The summed E-state index contributed by atoms with van der Waals surface area (Å²) in [5.74, 6) is 0. The highest BCUT2D eigenvalue weighted by molar-refractivity contribution is 5.92. The molecule has 0 saturated heterocycles. The van der Waals surface area contributed by atoms with Gasteiger partial charge in [0, 0.05) is 17.4 Å². The Morgan fingerprint density at radius 1 is 0.306 bits per heavy atom. The van der Waals surface area contributed by atoms with E-state index in [0.29, 0.717) is 0 Å². The first kappa shape index (κ1) is 36.8. The summed E-state index contributed by atoms with van der Waals surface area (Å²) in [6.45, 7) is 0. The van der Waals surface area contributed by atoms with E-state index in [1.54, 1.807) is 0 Å². The summed E-state index contributed by atoms with van der Waals surface area (Å²) in [6, 6.07) is 83.8. The first-order chi connectivity index (χ1) is 30.7. The third kappa shape index (κ3) is 6.46. The van der Waals surface area contributed by atoms with Gasteiger partial charge in [-0.1, -0.05) is 164 Å². The van der Waals surface area contributed by atoms with Gasteiger partial charge in [-0.25, -0.2) is 4.98 Å². The molecule has 0 aliphatic carbocycles. The Morgan fingerprint density at radius 3 is 1.24 bits per heavy atom. The van der Waals surface area contributed by atoms with Crippen molar-refractivity contribution in [2.45, 2.75) is 5.41 Å². The van der Waals surface area contributed by atoms with Crippen molar-refractivity contribution in [2.24, 2.45) is 0 Å². The predicted molar refractivity (Wildman–Crippen MR) is 254 cm³/mol. The molecule has 0 unspecified atom stereocenters. The molecular formula is C58H40N4. The molecule has 3 aromatic heterocycles. The van der Waals surface area contributed by atoms with E-state index in [0.717, 1.165) is 90.0 Å². The minimum absolute atomic E-state index is 0.794. The fraction of sp³-hybridized carbons (Fsp3) is 0.0172. The lowest BCUT2D eigenvalue weighted by Crippen LogP contribution is -2.39. The van der Waals surface area contributed by atoms with Gasteiger partial charge < -0.3 is 4.90 Å². The van der Waals surface area contributed by atoms with Gasteiger partial charge in [-0.2, -0.15) is 0 Å². The zero-order valence-corrected chi connectivity index (χ0v) is 33.9. The van der Waals surface area contributed by atoms with Crippen LogP contribution in [0, 0.1) is 0 Å². The summed E-state index contributed by atoms with van der Waals surface area (Å²) in [4.78, 5) is 18.5. The average Bonchev–Trinajstić information content (AvgIpc) is 3.37. The van der Waals surface area contributed by atoms with Crippen LogP contribution in [0.15, 0.2) is 243 Å². The molecule has 0 amide bonds. The highest BCUT2D eigenvalue weighted by Gasteiger charge is 2.49. The molecule has 292 valence electrons. The maximum atomic E-state index is 5.69. The van der Waals surface area contributed by atoms with E-state index < -0.39 is 5.41 Å². The van der Waals surface area contributed by atoms with Crippen LogP contribution in [0.5, 0.6) is 0 Å². The SMILES string of the molecule is c1ccc(-c2ccc(N3c4ccc(-c5ccccc5)cc4C(c4cccc(-c5ccccc5)n4)(c4cccc(-c5ccccn5)n4)c4cc(-c5ccccc5)ccc43)cc2)cc1. The summed E-state index contributed by atoms with van der Waals surface area (Å²) < 4.78 is 0. The normalized spacial score (nSPS) is 12.6. The fourth-order valence-electron chi connectivity index (χ4n) is 9.07. The Kier molecular flexibility index (Phi) is 9.36. The van der Waals surface area contributed by atoms with Crippen LogP contribution in [-0.4, -0.2) is 15.0 Å². The van der Waals surface area contributed by atoms with Gasteiger partial charge in [0.2, 0.25) is 0 Å². The number of anilines is 3. The van der Waals surface area contributed by atoms with Crippen LogP contribution < -0.4 is 4.90 Å². The topological polar surface area (TPSA) is 41.9 Å². The number of pyridine rings is 3.